The second kappa shape index (κ2) is 8.86. The van der Waals surface area contributed by atoms with Crippen LogP contribution in [0.3, 0.4) is 0 Å². The molecule has 1 saturated heterocycles. The van der Waals surface area contributed by atoms with Gasteiger partial charge in [-0.2, -0.15) is 5.10 Å². The number of benzene rings is 1. The lowest BCUT2D eigenvalue weighted by Gasteiger charge is -2.28. The first-order valence-electron chi connectivity index (χ1n) is 10.4. The summed E-state index contributed by atoms with van der Waals surface area (Å²) in [5, 5.41) is 8.89. The van der Waals surface area contributed by atoms with Crippen LogP contribution >= 0.6 is 11.6 Å². The number of nitrogens with one attached hydrogen (secondary N) is 1. The van der Waals surface area contributed by atoms with E-state index in [2.05, 4.69) is 24.3 Å². The molecule has 2 aromatic rings. The van der Waals surface area contributed by atoms with E-state index < -0.39 is 0 Å². The number of hydrogen-bond donors (Lipinski definition) is 1. The SMILES string of the molecule is Cc1cc(Cl)cc(C)c1CNCC1CCn2ncc(C(=O)N3CCOCC3)c2C1. The van der Waals surface area contributed by atoms with Crippen molar-refractivity contribution in [3.8, 4) is 0 Å². The van der Waals surface area contributed by atoms with E-state index in [1.165, 1.54) is 16.7 Å². The van der Waals surface area contributed by atoms with Crippen LogP contribution in [0.25, 0.3) is 0 Å². The van der Waals surface area contributed by atoms with Gasteiger partial charge in [-0.05, 0) is 68.0 Å². The van der Waals surface area contributed by atoms with Crippen LogP contribution in [0.2, 0.25) is 5.02 Å². The van der Waals surface area contributed by atoms with Crippen LogP contribution in [0.1, 0.15) is 39.2 Å². The lowest BCUT2D eigenvalue weighted by Crippen LogP contribution is -2.41. The number of morpholine rings is 1. The first-order chi connectivity index (χ1) is 14.0. The van der Waals surface area contributed by atoms with Crippen LogP contribution in [0.5, 0.6) is 0 Å². The maximum absolute atomic E-state index is 12.9. The van der Waals surface area contributed by atoms with E-state index in [4.69, 9.17) is 16.3 Å². The largest absolute Gasteiger partial charge is 0.378 e. The van der Waals surface area contributed by atoms with Crippen molar-refractivity contribution < 1.29 is 9.53 Å². The van der Waals surface area contributed by atoms with Crippen molar-refractivity contribution in [1.82, 2.24) is 20.0 Å². The standard InChI is InChI=1S/C22H29ClN4O2/c1-15-9-18(23)10-16(2)19(15)13-24-12-17-3-4-27-21(11-17)20(14-25-27)22(28)26-5-7-29-8-6-26/h9-10,14,17,24H,3-8,11-13H2,1-2H3. The molecule has 1 N–H and O–H groups in total. The number of carbonyl (C=O) groups excluding carboxylic acids is 1. The summed E-state index contributed by atoms with van der Waals surface area (Å²) in [6.45, 7) is 9.41. The first kappa shape index (κ1) is 20.4. The first-order valence-corrected chi connectivity index (χ1v) is 10.8. The molecule has 3 heterocycles. The second-order valence-electron chi connectivity index (χ2n) is 8.14. The Morgan fingerprint density at radius 1 is 1.24 bits per heavy atom. The molecule has 2 aliphatic rings. The summed E-state index contributed by atoms with van der Waals surface area (Å²) in [7, 11) is 0. The molecule has 7 heteroatoms. The van der Waals surface area contributed by atoms with Crippen molar-refractivity contribution in [3.63, 3.8) is 0 Å². The Bertz CT molecular complexity index is 866. The number of hydrogen-bond acceptors (Lipinski definition) is 4. The van der Waals surface area contributed by atoms with E-state index in [0.29, 0.717) is 32.2 Å². The third-order valence-corrected chi connectivity index (χ3v) is 6.32. The molecule has 4 rings (SSSR count). The zero-order valence-corrected chi connectivity index (χ0v) is 18.0. The molecule has 156 valence electrons. The van der Waals surface area contributed by atoms with Crippen molar-refractivity contribution in [3.05, 3.63) is 51.3 Å². The Morgan fingerprint density at radius 3 is 2.69 bits per heavy atom. The maximum Gasteiger partial charge on any atom is 0.257 e. The number of ether oxygens (including phenoxy) is 1. The molecule has 0 radical (unpaired) electrons. The number of rotatable bonds is 5. The fraction of sp³-hybridized carbons (Fsp3) is 0.545. The predicted molar refractivity (Wildman–Crippen MR) is 113 cm³/mol. The summed E-state index contributed by atoms with van der Waals surface area (Å²) in [6.07, 6.45) is 3.71. The molecule has 1 atom stereocenters. The molecular weight excluding hydrogens is 388 g/mol. The van der Waals surface area contributed by atoms with Crippen LogP contribution in [0, 0.1) is 19.8 Å². The molecule has 0 aliphatic carbocycles. The summed E-state index contributed by atoms with van der Waals surface area (Å²) in [5.41, 5.74) is 5.61. The highest BCUT2D eigenvalue weighted by atomic mass is 35.5. The van der Waals surface area contributed by atoms with Crippen molar-refractivity contribution in [2.45, 2.75) is 39.8 Å². The van der Waals surface area contributed by atoms with E-state index in [1.54, 1.807) is 6.20 Å². The van der Waals surface area contributed by atoms with E-state index in [9.17, 15) is 4.79 Å². The minimum absolute atomic E-state index is 0.0931. The molecule has 6 nitrogen and oxygen atoms in total. The number of nitrogens with zero attached hydrogens (tertiary/aromatic N) is 3. The highest BCUT2D eigenvalue weighted by Gasteiger charge is 2.28. The zero-order chi connectivity index (χ0) is 20.4. The van der Waals surface area contributed by atoms with E-state index in [1.807, 2.05) is 21.7 Å². The molecular formula is C22H29ClN4O2. The van der Waals surface area contributed by atoms with Crippen LogP contribution in [-0.4, -0.2) is 53.4 Å². The Labute approximate surface area is 177 Å². The zero-order valence-electron chi connectivity index (χ0n) is 17.2. The van der Waals surface area contributed by atoms with Gasteiger partial charge in [0.25, 0.3) is 5.91 Å². The van der Waals surface area contributed by atoms with Crippen molar-refractivity contribution in [2.75, 3.05) is 32.8 Å². The summed E-state index contributed by atoms with van der Waals surface area (Å²) in [5.74, 6) is 0.596. The topological polar surface area (TPSA) is 59.4 Å². The number of halogens is 1. The smallest absolute Gasteiger partial charge is 0.257 e. The van der Waals surface area contributed by atoms with Gasteiger partial charge in [0.05, 0.1) is 30.7 Å². The third-order valence-electron chi connectivity index (χ3n) is 6.10. The molecule has 0 spiro atoms. The number of amides is 1. The number of fused-ring (bicyclic) bond motifs is 1. The van der Waals surface area contributed by atoms with Gasteiger partial charge >= 0.3 is 0 Å². The third kappa shape index (κ3) is 4.49. The minimum atomic E-state index is 0.0931. The van der Waals surface area contributed by atoms with Gasteiger partial charge < -0.3 is 15.0 Å². The van der Waals surface area contributed by atoms with E-state index in [0.717, 1.165) is 48.8 Å². The van der Waals surface area contributed by atoms with Crippen molar-refractivity contribution in [2.24, 2.45) is 5.92 Å². The van der Waals surface area contributed by atoms with Crippen LogP contribution in [-0.2, 0) is 24.2 Å². The van der Waals surface area contributed by atoms with Gasteiger partial charge in [0, 0.05) is 31.2 Å². The van der Waals surface area contributed by atoms with Gasteiger partial charge in [-0.25, -0.2) is 0 Å². The Kier molecular flexibility index (Phi) is 6.23. The molecule has 0 bridgehead atoms. The number of aromatic nitrogens is 2. The van der Waals surface area contributed by atoms with Crippen LogP contribution in [0.15, 0.2) is 18.3 Å². The molecule has 2 aliphatic heterocycles. The predicted octanol–water partition coefficient (Wildman–Crippen LogP) is 2.98. The molecule has 29 heavy (non-hydrogen) atoms. The van der Waals surface area contributed by atoms with Crippen molar-refractivity contribution in [1.29, 1.82) is 0 Å². The average molecular weight is 417 g/mol. The van der Waals surface area contributed by atoms with Gasteiger partial charge in [0.1, 0.15) is 0 Å². The highest BCUT2D eigenvalue weighted by molar-refractivity contribution is 6.30. The highest BCUT2D eigenvalue weighted by Crippen LogP contribution is 2.25. The minimum Gasteiger partial charge on any atom is -0.378 e. The number of carbonyl (C=O) groups is 1. The van der Waals surface area contributed by atoms with Gasteiger partial charge in [0.2, 0.25) is 0 Å². The Hall–Kier alpha value is -1.89. The molecule has 0 saturated carbocycles. The maximum atomic E-state index is 12.9. The molecule has 1 aromatic carbocycles. The lowest BCUT2D eigenvalue weighted by molar-refractivity contribution is 0.0301. The summed E-state index contributed by atoms with van der Waals surface area (Å²) >= 11 is 6.15. The average Bonchev–Trinajstić information content (AvgIpc) is 3.13. The summed E-state index contributed by atoms with van der Waals surface area (Å²) < 4.78 is 7.38. The monoisotopic (exact) mass is 416 g/mol. The fourth-order valence-corrected chi connectivity index (χ4v) is 4.74. The van der Waals surface area contributed by atoms with E-state index >= 15 is 0 Å². The quantitative estimate of drug-likeness (QED) is 0.814. The molecule has 1 unspecified atom stereocenters. The molecule has 1 aromatic heterocycles. The second-order valence-corrected chi connectivity index (χ2v) is 8.58. The van der Waals surface area contributed by atoms with Gasteiger partial charge in [0.15, 0.2) is 0 Å². The summed E-state index contributed by atoms with van der Waals surface area (Å²) in [4.78, 5) is 14.8. The van der Waals surface area contributed by atoms with Gasteiger partial charge in [-0.3, -0.25) is 9.48 Å². The van der Waals surface area contributed by atoms with Gasteiger partial charge in [-0.15, -0.1) is 0 Å². The molecule has 1 fully saturated rings. The lowest BCUT2D eigenvalue weighted by atomic mass is 9.93. The fourth-order valence-electron chi connectivity index (χ4n) is 4.41. The van der Waals surface area contributed by atoms with Crippen LogP contribution < -0.4 is 5.32 Å². The van der Waals surface area contributed by atoms with Gasteiger partial charge in [-0.1, -0.05) is 11.6 Å². The normalized spacial score (nSPS) is 19.3. The molecule has 1 amide bonds. The Balaban J connectivity index is 1.37. The van der Waals surface area contributed by atoms with Crippen molar-refractivity contribution >= 4 is 17.5 Å². The van der Waals surface area contributed by atoms with E-state index in [-0.39, 0.29) is 5.91 Å². The van der Waals surface area contributed by atoms with Crippen LogP contribution in [0.4, 0.5) is 0 Å². The summed E-state index contributed by atoms with van der Waals surface area (Å²) in [6, 6.07) is 4.04. The number of aryl methyl sites for hydroxylation is 3. The Morgan fingerprint density at radius 2 is 1.97 bits per heavy atom.